The van der Waals surface area contributed by atoms with Crippen molar-refractivity contribution in [1.29, 1.82) is 0 Å². The zero-order valence-electron chi connectivity index (χ0n) is 8.95. The van der Waals surface area contributed by atoms with E-state index in [0.717, 1.165) is 8.95 Å². The van der Waals surface area contributed by atoms with Crippen LogP contribution in [0.3, 0.4) is 0 Å². The van der Waals surface area contributed by atoms with E-state index in [0.29, 0.717) is 16.4 Å². The van der Waals surface area contributed by atoms with E-state index in [1.54, 1.807) is 24.3 Å². The van der Waals surface area contributed by atoms with Gasteiger partial charge in [0.2, 0.25) is 0 Å². The summed E-state index contributed by atoms with van der Waals surface area (Å²) in [5.74, 6) is -0.211. The zero-order valence-corrected chi connectivity index (χ0v) is 12.9. The van der Waals surface area contributed by atoms with Gasteiger partial charge in [-0.2, -0.15) is 0 Å². The van der Waals surface area contributed by atoms with E-state index < -0.39 is 0 Å². The maximum atomic E-state index is 12.0. The number of carbonyl (C=O) groups is 1. The van der Waals surface area contributed by atoms with E-state index in [2.05, 4.69) is 42.2 Å². The number of rotatable bonds is 2. The van der Waals surface area contributed by atoms with Gasteiger partial charge in [-0.25, -0.2) is 4.98 Å². The highest BCUT2D eigenvalue weighted by molar-refractivity contribution is 9.11. The van der Waals surface area contributed by atoms with Gasteiger partial charge in [-0.3, -0.25) is 4.79 Å². The molecule has 1 aromatic carbocycles. The summed E-state index contributed by atoms with van der Waals surface area (Å²) < 4.78 is 1.62. The first-order valence-corrected chi connectivity index (χ1v) is 6.90. The van der Waals surface area contributed by atoms with Crippen LogP contribution in [0.1, 0.15) is 10.4 Å². The monoisotopic (exact) mass is 388 g/mol. The Bertz CT molecular complexity index is 604. The van der Waals surface area contributed by atoms with Gasteiger partial charge in [0, 0.05) is 20.8 Å². The third-order valence-electron chi connectivity index (χ3n) is 2.16. The highest BCUT2D eigenvalue weighted by Gasteiger charge is 2.10. The Morgan fingerprint density at radius 1 is 1.22 bits per heavy atom. The SMILES string of the molecule is O=C(Nc1ccnc(Cl)c1)c1ccc(Br)cc1Br. The van der Waals surface area contributed by atoms with Gasteiger partial charge in [0.15, 0.2) is 0 Å². The van der Waals surface area contributed by atoms with Crippen LogP contribution in [0.4, 0.5) is 5.69 Å². The number of benzene rings is 1. The smallest absolute Gasteiger partial charge is 0.256 e. The van der Waals surface area contributed by atoms with Crippen LogP contribution in [-0.2, 0) is 0 Å². The summed E-state index contributed by atoms with van der Waals surface area (Å²) in [6.07, 6.45) is 1.54. The van der Waals surface area contributed by atoms with Gasteiger partial charge in [-0.1, -0.05) is 27.5 Å². The van der Waals surface area contributed by atoms with E-state index in [-0.39, 0.29) is 5.91 Å². The average molecular weight is 390 g/mol. The normalized spacial score (nSPS) is 10.2. The van der Waals surface area contributed by atoms with Crippen LogP contribution >= 0.6 is 43.5 Å². The average Bonchev–Trinajstić information content (AvgIpc) is 2.28. The van der Waals surface area contributed by atoms with Gasteiger partial charge in [-0.15, -0.1) is 0 Å². The standard InChI is InChI=1S/C12H7Br2ClN2O/c13-7-1-2-9(10(14)5-7)12(18)17-8-3-4-16-11(15)6-8/h1-6H,(H,16,17,18). The van der Waals surface area contributed by atoms with Crippen molar-refractivity contribution in [2.45, 2.75) is 0 Å². The zero-order chi connectivity index (χ0) is 13.1. The lowest BCUT2D eigenvalue weighted by atomic mass is 10.2. The predicted molar refractivity (Wildman–Crippen MR) is 79.0 cm³/mol. The van der Waals surface area contributed by atoms with Gasteiger partial charge in [0.1, 0.15) is 5.15 Å². The fourth-order valence-electron chi connectivity index (χ4n) is 1.35. The number of amides is 1. The molecule has 0 atom stereocenters. The molecule has 0 aliphatic heterocycles. The van der Waals surface area contributed by atoms with Crippen LogP contribution in [0.25, 0.3) is 0 Å². The maximum Gasteiger partial charge on any atom is 0.256 e. The second kappa shape index (κ2) is 5.82. The summed E-state index contributed by atoms with van der Waals surface area (Å²) in [5, 5.41) is 3.09. The lowest BCUT2D eigenvalue weighted by Crippen LogP contribution is -2.12. The largest absolute Gasteiger partial charge is 0.322 e. The number of aromatic nitrogens is 1. The fraction of sp³-hybridized carbons (Fsp3) is 0. The predicted octanol–water partition coefficient (Wildman–Crippen LogP) is 4.51. The fourth-order valence-corrected chi connectivity index (χ4v) is 2.75. The van der Waals surface area contributed by atoms with Crippen molar-refractivity contribution in [2.24, 2.45) is 0 Å². The molecular weight excluding hydrogens is 383 g/mol. The molecule has 2 aromatic rings. The third kappa shape index (κ3) is 3.31. The molecule has 0 fully saturated rings. The van der Waals surface area contributed by atoms with Gasteiger partial charge < -0.3 is 5.32 Å². The molecule has 2 rings (SSSR count). The lowest BCUT2D eigenvalue weighted by molar-refractivity contribution is 0.102. The first-order chi connectivity index (χ1) is 8.56. The van der Waals surface area contributed by atoms with Crippen LogP contribution < -0.4 is 5.32 Å². The molecule has 3 nitrogen and oxygen atoms in total. The molecule has 18 heavy (non-hydrogen) atoms. The van der Waals surface area contributed by atoms with Crippen LogP contribution in [0, 0.1) is 0 Å². The quantitative estimate of drug-likeness (QED) is 0.767. The summed E-state index contributed by atoms with van der Waals surface area (Å²) in [4.78, 5) is 15.9. The van der Waals surface area contributed by atoms with E-state index in [4.69, 9.17) is 11.6 Å². The Hall–Kier alpha value is -0.910. The maximum absolute atomic E-state index is 12.0. The van der Waals surface area contributed by atoms with Crippen LogP contribution in [0.2, 0.25) is 5.15 Å². The summed E-state index contributed by atoms with van der Waals surface area (Å²) in [6, 6.07) is 8.61. The highest BCUT2D eigenvalue weighted by Crippen LogP contribution is 2.23. The second-order valence-electron chi connectivity index (χ2n) is 3.45. The molecule has 1 heterocycles. The van der Waals surface area contributed by atoms with Gasteiger partial charge in [0.05, 0.1) is 5.56 Å². The molecule has 0 aliphatic carbocycles. The minimum absolute atomic E-state index is 0.211. The summed E-state index contributed by atoms with van der Waals surface area (Å²) in [7, 11) is 0. The molecule has 0 saturated heterocycles. The Balaban J connectivity index is 2.22. The van der Waals surface area contributed by atoms with Crippen molar-refractivity contribution in [3.05, 3.63) is 56.2 Å². The highest BCUT2D eigenvalue weighted by atomic mass is 79.9. The molecule has 92 valence electrons. The number of hydrogen-bond acceptors (Lipinski definition) is 2. The Kier molecular flexibility index (Phi) is 4.37. The van der Waals surface area contributed by atoms with E-state index >= 15 is 0 Å². The first-order valence-electron chi connectivity index (χ1n) is 4.94. The summed E-state index contributed by atoms with van der Waals surface area (Å²) in [5.41, 5.74) is 1.15. The third-order valence-corrected chi connectivity index (χ3v) is 3.52. The van der Waals surface area contributed by atoms with Crippen molar-refractivity contribution < 1.29 is 4.79 Å². The summed E-state index contributed by atoms with van der Waals surface area (Å²) in [6.45, 7) is 0. The molecule has 1 aromatic heterocycles. The Morgan fingerprint density at radius 3 is 2.67 bits per heavy atom. The Morgan fingerprint density at radius 2 is 2.00 bits per heavy atom. The molecular formula is C12H7Br2ClN2O. The Labute approximate surface area is 126 Å². The van der Waals surface area contributed by atoms with Gasteiger partial charge in [-0.05, 0) is 46.3 Å². The number of hydrogen-bond donors (Lipinski definition) is 1. The molecule has 1 amide bonds. The topological polar surface area (TPSA) is 42.0 Å². The van der Waals surface area contributed by atoms with E-state index in [9.17, 15) is 4.79 Å². The molecule has 1 N–H and O–H groups in total. The number of nitrogens with one attached hydrogen (secondary N) is 1. The molecule has 6 heteroatoms. The number of halogens is 3. The number of carbonyl (C=O) groups excluding carboxylic acids is 1. The van der Waals surface area contributed by atoms with Crippen molar-refractivity contribution in [1.82, 2.24) is 4.98 Å². The van der Waals surface area contributed by atoms with Crippen molar-refractivity contribution >= 4 is 55.1 Å². The number of pyridine rings is 1. The number of nitrogens with zero attached hydrogens (tertiary/aromatic N) is 1. The van der Waals surface area contributed by atoms with Crippen LogP contribution in [0.5, 0.6) is 0 Å². The molecule has 0 spiro atoms. The van der Waals surface area contributed by atoms with Gasteiger partial charge in [0.25, 0.3) is 5.91 Å². The molecule has 0 unspecified atom stereocenters. The molecule has 0 bridgehead atoms. The molecule has 0 aliphatic rings. The summed E-state index contributed by atoms with van der Waals surface area (Å²) >= 11 is 12.4. The number of anilines is 1. The van der Waals surface area contributed by atoms with Crippen LogP contribution in [0.15, 0.2) is 45.5 Å². The molecule has 0 saturated carbocycles. The first kappa shape index (κ1) is 13.5. The van der Waals surface area contributed by atoms with Gasteiger partial charge >= 0.3 is 0 Å². The minimum atomic E-state index is -0.211. The van der Waals surface area contributed by atoms with Crippen LogP contribution in [-0.4, -0.2) is 10.9 Å². The van der Waals surface area contributed by atoms with Crippen molar-refractivity contribution in [3.63, 3.8) is 0 Å². The van der Waals surface area contributed by atoms with E-state index in [1.165, 1.54) is 6.20 Å². The van der Waals surface area contributed by atoms with Crippen molar-refractivity contribution in [3.8, 4) is 0 Å². The molecule has 0 radical (unpaired) electrons. The minimum Gasteiger partial charge on any atom is -0.322 e. The van der Waals surface area contributed by atoms with Crippen molar-refractivity contribution in [2.75, 3.05) is 5.32 Å². The second-order valence-corrected chi connectivity index (χ2v) is 5.60. The lowest BCUT2D eigenvalue weighted by Gasteiger charge is -2.07. The van der Waals surface area contributed by atoms with E-state index in [1.807, 2.05) is 6.07 Å².